The van der Waals surface area contributed by atoms with Crippen molar-refractivity contribution in [2.45, 2.75) is 4.90 Å². The summed E-state index contributed by atoms with van der Waals surface area (Å²) in [6.07, 6.45) is 3.22. The Hall–Kier alpha value is -5.82. The molecule has 0 amide bonds. The molecular formula is C29H22N6O6S. The van der Waals surface area contributed by atoms with Crippen LogP contribution in [0.4, 0.5) is 17.1 Å². The van der Waals surface area contributed by atoms with E-state index >= 15 is 0 Å². The Labute approximate surface area is 239 Å². The first-order valence-electron chi connectivity index (χ1n) is 12.4. The minimum Gasteiger partial charge on any atom is -0.478 e. The third-order valence-corrected chi connectivity index (χ3v) is 7.47. The number of carboxylic acids is 1. The summed E-state index contributed by atoms with van der Waals surface area (Å²) in [7, 11) is -4.50. The van der Waals surface area contributed by atoms with E-state index in [0.29, 0.717) is 11.3 Å². The van der Waals surface area contributed by atoms with Crippen LogP contribution in [-0.4, -0.2) is 40.4 Å². The van der Waals surface area contributed by atoms with Crippen LogP contribution >= 0.6 is 0 Å². The van der Waals surface area contributed by atoms with Gasteiger partial charge in [0.1, 0.15) is 10.6 Å². The summed E-state index contributed by atoms with van der Waals surface area (Å²) in [5, 5.41) is 29.8. The molecule has 5 rings (SSSR count). The van der Waals surface area contributed by atoms with Crippen molar-refractivity contribution in [2.24, 2.45) is 5.10 Å². The molecule has 0 unspecified atom stereocenters. The number of rotatable bonds is 10. The molecule has 0 saturated carbocycles. The molecule has 0 aliphatic heterocycles. The summed E-state index contributed by atoms with van der Waals surface area (Å²) >= 11 is 0. The Bertz CT molecular complexity index is 1910. The fraction of sp³-hybridized carbons (Fsp3) is 0. The number of hydrazone groups is 1. The van der Waals surface area contributed by atoms with Gasteiger partial charge in [0.2, 0.25) is 0 Å². The number of hydrogen-bond donors (Lipinski definition) is 3. The number of nitro benzene ring substituents is 1. The third-order valence-electron chi connectivity index (χ3n) is 6.07. The van der Waals surface area contributed by atoms with Crippen LogP contribution in [0, 0.1) is 10.1 Å². The van der Waals surface area contributed by atoms with Gasteiger partial charge in [-0.25, -0.2) is 17.9 Å². The van der Waals surface area contributed by atoms with Gasteiger partial charge in [-0.1, -0.05) is 60.7 Å². The second-order valence-electron chi connectivity index (χ2n) is 8.84. The maximum atomic E-state index is 13.4. The van der Waals surface area contributed by atoms with Crippen molar-refractivity contribution in [3.63, 3.8) is 0 Å². The molecule has 0 aliphatic carbocycles. The number of anilines is 2. The van der Waals surface area contributed by atoms with E-state index in [1.165, 1.54) is 36.5 Å². The number of benzene rings is 4. The molecule has 0 aliphatic rings. The molecule has 0 fully saturated rings. The summed E-state index contributed by atoms with van der Waals surface area (Å²) < 4.78 is 30.6. The maximum absolute atomic E-state index is 13.4. The van der Waals surface area contributed by atoms with Crippen LogP contribution in [0.15, 0.2) is 119 Å². The standard InChI is InChI=1S/C29H22N6O6S/c36-29(37)24-13-7-8-14-25(24)33-42(40,41)27-17-23(35(38)39)15-16-26(27)31-30-18-21-19-34(22-11-5-2-6-12-22)32-28(21)20-9-3-1-4-10-20/h1-19,31,33H,(H,36,37)/b30-18+. The molecular weight excluding hydrogens is 560 g/mol. The van der Waals surface area contributed by atoms with E-state index in [1.54, 1.807) is 10.9 Å². The van der Waals surface area contributed by atoms with Gasteiger partial charge in [-0.15, -0.1) is 0 Å². The number of nitrogens with zero attached hydrogens (tertiary/aromatic N) is 4. The van der Waals surface area contributed by atoms with Gasteiger partial charge in [0, 0.05) is 29.5 Å². The lowest BCUT2D eigenvalue weighted by Gasteiger charge is -2.13. The average Bonchev–Trinajstić information content (AvgIpc) is 3.42. The largest absolute Gasteiger partial charge is 0.478 e. The Balaban J connectivity index is 1.51. The highest BCUT2D eigenvalue weighted by Gasteiger charge is 2.24. The van der Waals surface area contributed by atoms with E-state index in [-0.39, 0.29) is 16.9 Å². The second kappa shape index (κ2) is 11.7. The molecule has 5 aromatic rings. The van der Waals surface area contributed by atoms with E-state index in [0.717, 1.165) is 23.4 Å². The minimum atomic E-state index is -4.50. The minimum absolute atomic E-state index is 0.0751. The summed E-state index contributed by atoms with van der Waals surface area (Å²) in [6.45, 7) is 0. The molecule has 13 heteroatoms. The Morgan fingerprint density at radius 2 is 1.60 bits per heavy atom. The molecule has 1 aromatic heterocycles. The highest BCUT2D eigenvalue weighted by atomic mass is 32.2. The number of carbonyl (C=O) groups is 1. The molecule has 0 atom stereocenters. The predicted molar refractivity (Wildman–Crippen MR) is 158 cm³/mol. The van der Waals surface area contributed by atoms with Crippen molar-refractivity contribution >= 4 is 39.3 Å². The number of nitrogens with one attached hydrogen (secondary N) is 2. The van der Waals surface area contributed by atoms with Crippen molar-refractivity contribution in [2.75, 3.05) is 10.1 Å². The van der Waals surface area contributed by atoms with Crippen LogP contribution in [0.2, 0.25) is 0 Å². The van der Waals surface area contributed by atoms with Crippen LogP contribution in [0.3, 0.4) is 0 Å². The van der Waals surface area contributed by atoms with Crippen LogP contribution in [0.1, 0.15) is 15.9 Å². The zero-order valence-electron chi connectivity index (χ0n) is 21.7. The van der Waals surface area contributed by atoms with E-state index in [2.05, 4.69) is 15.2 Å². The lowest BCUT2D eigenvalue weighted by Crippen LogP contribution is -2.17. The molecule has 0 bridgehead atoms. The Kier molecular flexibility index (Phi) is 7.75. The molecule has 42 heavy (non-hydrogen) atoms. The van der Waals surface area contributed by atoms with Crippen LogP contribution in [0.5, 0.6) is 0 Å². The van der Waals surface area contributed by atoms with Crippen molar-refractivity contribution < 1.29 is 23.2 Å². The van der Waals surface area contributed by atoms with Crippen molar-refractivity contribution in [1.29, 1.82) is 0 Å². The van der Waals surface area contributed by atoms with Crippen LogP contribution < -0.4 is 10.1 Å². The molecule has 4 aromatic carbocycles. The lowest BCUT2D eigenvalue weighted by atomic mass is 10.1. The smallest absolute Gasteiger partial charge is 0.337 e. The van der Waals surface area contributed by atoms with Gasteiger partial charge >= 0.3 is 5.97 Å². The lowest BCUT2D eigenvalue weighted by molar-refractivity contribution is -0.385. The normalized spacial score (nSPS) is 11.3. The number of nitro groups is 1. The molecule has 0 spiro atoms. The molecule has 1 heterocycles. The fourth-order valence-electron chi connectivity index (χ4n) is 4.08. The molecule has 3 N–H and O–H groups in total. The second-order valence-corrected chi connectivity index (χ2v) is 10.5. The number of carboxylic acid groups (broad SMARTS) is 1. The highest BCUT2D eigenvalue weighted by Crippen LogP contribution is 2.30. The summed E-state index contributed by atoms with van der Waals surface area (Å²) in [4.78, 5) is 21.8. The zero-order valence-corrected chi connectivity index (χ0v) is 22.5. The van der Waals surface area contributed by atoms with Crippen molar-refractivity contribution in [1.82, 2.24) is 9.78 Å². The third kappa shape index (κ3) is 6.00. The Morgan fingerprint density at radius 3 is 2.29 bits per heavy atom. The van der Waals surface area contributed by atoms with Gasteiger partial charge in [0.05, 0.1) is 33.8 Å². The van der Waals surface area contributed by atoms with Gasteiger partial charge in [-0.3, -0.25) is 20.3 Å². The van der Waals surface area contributed by atoms with E-state index in [4.69, 9.17) is 5.10 Å². The predicted octanol–water partition coefficient (Wildman–Crippen LogP) is 5.39. The highest BCUT2D eigenvalue weighted by molar-refractivity contribution is 7.93. The monoisotopic (exact) mass is 582 g/mol. The number of non-ortho nitro benzene ring substituents is 1. The topological polar surface area (TPSA) is 169 Å². The maximum Gasteiger partial charge on any atom is 0.337 e. The quantitative estimate of drug-likeness (QED) is 0.112. The van der Waals surface area contributed by atoms with Gasteiger partial charge in [-0.2, -0.15) is 10.2 Å². The van der Waals surface area contributed by atoms with Crippen LogP contribution in [0.25, 0.3) is 16.9 Å². The first-order valence-corrected chi connectivity index (χ1v) is 13.8. The fourth-order valence-corrected chi connectivity index (χ4v) is 5.34. The number of para-hydroxylation sites is 2. The summed E-state index contributed by atoms with van der Waals surface area (Å²) in [6, 6.07) is 27.5. The SMILES string of the molecule is O=C(O)c1ccccc1NS(=O)(=O)c1cc([N+](=O)[O-])ccc1N/N=C/c1cn(-c2ccccc2)nc1-c1ccccc1. The van der Waals surface area contributed by atoms with Gasteiger partial charge in [-0.05, 0) is 30.3 Å². The Morgan fingerprint density at radius 1 is 0.929 bits per heavy atom. The number of aromatic nitrogens is 2. The van der Waals surface area contributed by atoms with Crippen molar-refractivity contribution in [3.05, 3.63) is 131 Å². The van der Waals surface area contributed by atoms with Gasteiger partial charge in [0.25, 0.3) is 15.7 Å². The van der Waals surface area contributed by atoms with Crippen molar-refractivity contribution in [3.8, 4) is 16.9 Å². The van der Waals surface area contributed by atoms with Gasteiger partial charge < -0.3 is 5.11 Å². The molecule has 0 saturated heterocycles. The summed E-state index contributed by atoms with van der Waals surface area (Å²) in [5.41, 5.74) is 4.49. The van der Waals surface area contributed by atoms with Crippen LogP contribution in [-0.2, 0) is 10.0 Å². The average molecular weight is 583 g/mol. The van der Waals surface area contributed by atoms with E-state index in [1.807, 2.05) is 60.7 Å². The first kappa shape index (κ1) is 27.7. The number of sulfonamides is 1. The first-order chi connectivity index (χ1) is 20.2. The molecule has 0 radical (unpaired) electrons. The number of aromatic carboxylic acids is 1. The molecule has 12 nitrogen and oxygen atoms in total. The zero-order chi connectivity index (χ0) is 29.7. The van der Waals surface area contributed by atoms with E-state index < -0.39 is 31.5 Å². The molecule has 210 valence electrons. The summed E-state index contributed by atoms with van der Waals surface area (Å²) in [5.74, 6) is -1.35. The number of hydrogen-bond acceptors (Lipinski definition) is 8. The van der Waals surface area contributed by atoms with E-state index in [9.17, 15) is 28.4 Å². The van der Waals surface area contributed by atoms with Gasteiger partial charge in [0.15, 0.2) is 0 Å².